The summed E-state index contributed by atoms with van der Waals surface area (Å²) in [6.45, 7) is 3.90. The number of benzene rings is 1. The van der Waals surface area contributed by atoms with E-state index in [9.17, 15) is 9.59 Å². The lowest BCUT2D eigenvalue weighted by molar-refractivity contribution is -0.118. The van der Waals surface area contributed by atoms with E-state index in [1.807, 2.05) is 13.8 Å². The third-order valence-corrected chi connectivity index (χ3v) is 3.10. The molecule has 1 atom stereocenters. The highest BCUT2D eigenvalue weighted by Crippen LogP contribution is 2.16. The molecule has 0 bridgehead atoms. The smallest absolute Gasteiger partial charge is 0.251 e. The molecule has 1 saturated carbocycles. The van der Waals surface area contributed by atoms with Crippen molar-refractivity contribution in [1.82, 2.24) is 5.32 Å². The van der Waals surface area contributed by atoms with Crippen molar-refractivity contribution in [1.29, 1.82) is 0 Å². The fraction of sp³-hybridized carbons (Fsp3) is 0.467. The van der Waals surface area contributed by atoms with Crippen molar-refractivity contribution in [3.8, 4) is 5.75 Å². The Kier molecular flexibility index (Phi) is 4.20. The van der Waals surface area contributed by atoms with Crippen LogP contribution in [0.5, 0.6) is 5.75 Å². The van der Waals surface area contributed by atoms with Gasteiger partial charge in [-0.2, -0.15) is 0 Å². The number of carbonyl (C=O) groups is 2. The van der Waals surface area contributed by atoms with Crippen LogP contribution < -0.4 is 10.1 Å². The molecule has 4 heteroatoms. The van der Waals surface area contributed by atoms with Crippen molar-refractivity contribution in [2.45, 2.75) is 45.3 Å². The zero-order chi connectivity index (χ0) is 13.8. The van der Waals surface area contributed by atoms with Gasteiger partial charge in [-0.3, -0.25) is 9.59 Å². The molecule has 1 N–H and O–H groups in total. The number of nitrogens with one attached hydrogen (secondary N) is 1. The van der Waals surface area contributed by atoms with Crippen LogP contribution in [0, 0.1) is 0 Å². The molecule has 1 aromatic rings. The Hall–Kier alpha value is -1.84. The Balaban J connectivity index is 1.97. The van der Waals surface area contributed by atoms with Crippen LogP contribution >= 0.6 is 0 Å². The van der Waals surface area contributed by atoms with Crippen LogP contribution in [0.4, 0.5) is 0 Å². The number of rotatable bonds is 4. The second kappa shape index (κ2) is 5.87. The highest BCUT2D eigenvalue weighted by atomic mass is 16.5. The first kappa shape index (κ1) is 13.6. The number of hydrogen-bond donors (Lipinski definition) is 1. The lowest BCUT2D eigenvalue weighted by Gasteiger charge is -2.12. The number of carbonyl (C=O) groups excluding carboxylic acids is 2. The van der Waals surface area contributed by atoms with Gasteiger partial charge in [0, 0.05) is 12.0 Å². The van der Waals surface area contributed by atoms with E-state index in [-0.39, 0.29) is 23.8 Å². The molecule has 0 spiro atoms. The number of hydrogen-bond acceptors (Lipinski definition) is 3. The van der Waals surface area contributed by atoms with Gasteiger partial charge in [0.05, 0.1) is 12.1 Å². The summed E-state index contributed by atoms with van der Waals surface area (Å²) in [6, 6.07) is 6.66. The normalized spacial score (nSPS) is 18.7. The zero-order valence-electron chi connectivity index (χ0n) is 11.3. The number of amides is 1. The fourth-order valence-electron chi connectivity index (χ4n) is 2.17. The van der Waals surface area contributed by atoms with E-state index in [1.165, 1.54) is 0 Å². The van der Waals surface area contributed by atoms with E-state index in [0.29, 0.717) is 12.0 Å². The predicted octanol–water partition coefficient (Wildman–Crippen LogP) is 2.33. The van der Waals surface area contributed by atoms with Crippen LogP contribution in [-0.4, -0.2) is 23.8 Å². The lowest BCUT2D eigenvalue weighted by Crippen LogP contribution is -2.37. The molecule has 0 heterocycles. The quantitative estimate of drug-likeness (QED) is 0.905. The van der Waals surface area contributed by atoms with Gasteiger partial charge in [-0.05, 0) is 51.0 Å². The second-order valence-electron chi connectivity index (χ2n) is 5.08. The summed E-state index contributed by atoms with van der Waals surface area (Å²) >= 11 is 0. The number of ether oxygens (including phenoxy) is 1. The summed E-state index contributed by atoms with van der Waals surface area (Å²) in [6.07, 6.45) is 2.30. The first-order valence-corrected chi connectivity index (χ1v) is 6.66. The zero-order valence-corrected chi connectivity index (χ0v) is 11.3. The largest absolute Gasteiger partial charge is 0.491 e. The Labute approximate surface area is 113 Å². The van der Waals surface area contributed by atoms with Gasteiger partial charge in [0.25, 0.3) is 5.91 Å². The monoisotopic (exact) mass is 261 g/mol. The van der Waals surface area contributed by atoms with Crippen molar-refractivity contribution in [2.75, 3.05) is 0 Å². The second-order valence-corrected chi connectivity index (χ2v) is 5.08. The molecule has 0 aromatic heterocycles. The third-order valence-electron chi connectivity index (χ3n) is 3.10. The molecule has 0 radical (unpaired) electrons. The van der Waals surface area contributed by atoms with Crippen LogP contribution in [0.15, 0.2) is 24.3 Å². The van der Waals surface area contributed by atoms with Gasteiger partial charge in [-0.15, -0.1) is 0 Å². The Morgan fingerprint density at radius 2 is 2.00 bits per heavy atom. The third kappa shape index (κ3) is 3.56. The van der Waals surface area contributed by atoms with Gasteiger partial charge in [-0.25, -0.2) is 0 Å². The molecule has 1 fully saturated rings. The van der Waals surface area contributed by atoms with Crippen molar-refractivity contribution in [3.05, 3.63) is 29.8 Å². The van der Waals surface area contributed by atoms with Gasteiger partial charge in [0.1, 0.15) is 5.75 Å². The van der Waals surface area contributed by atoms with Gasteiger partial charge in [-0.1, -0.05) is 0 Å². The highest BCUT2D eigenvalue weighted by molar-refractivity contribution is 5.98. The first-order chi connectivity index (χ1) is 9.06. The van der Waals surface area contributed by atoms with Gasteiger partial charge in [0.15, 0.2) is 5.78 Å². The standard InChI is InChI=1S/C15H19NO3/c1-10(2)19-12-8-6-11(7-9-12)15(18)16-13-4-3-5-14(13)17/h6-10,13H,3-5H2,1-2H3,(H,16,18)/t13-/m1/s1. The fourth-order valence-corrected chi connectivity index (χ4v) is 2.17. The van der Waals surface area contributed by atoms with E-state index < -0.39 is 0 Å². The molecule has 2 rings (SSSR count). The summed E-state index contributed by atoms with van der Waals surface area (Å²) in [5.41, 5.74) is 0.552. The summed E-state index contributed by atoms with van der Waals surface area (Å²) < 4.78 is 5.51. The molecule has 1 aromatic carbocycles. The Bertz CT molecular complexity index is 465. The number of Topliss-reactive ketones (excluding diaryl/α,β-unsaturated/α-hetero) is 1. The molecular weight excluding hydrogens is 242 g/mol. The maximum Gasteiger partial charge on any atom is 0.251 e. The summed E-state index contributed by atoms with van der Waals surface area (Å²) in [5, 5.41) is 2.78. The average Bonchev–Trinajstić information content (AvgIpc) is 2.75. The van der Waals surface area contributed by atoms with Gasteiger partial charge in [0.2, 0.25) is 0 Å². The predicted molar refractivity (Wildman–Crippen MR) is 72.3 cm³/mol. The molecule has 0 unspecified atom stereocenters. The minimum absolute atomic E-state index is 0.107. The average molecular weight is 261 g/mol. The van der Waals surface area contributed by atoms with E-state index in [0.717, 1.165) is 18.6 Å². The molecule has 1 aliphatic rings. The topological polar surface area (TPSA) is 55.4 Å². The number of ketones is 1. The Morgan fingerprint density at radius 1 is 1.32 bits per heavy atom. The van der Waals surface area contributed by atoms with E-state index in [2.05, 4.69) is 5.32 Å². The molecule has 1 amide bonds. The first-order valence-electron chi connectivity index (χ1n) is 6.66. The van der Waals surface area contributed by atoms with Crippen molar-refractivity contribution in [2.24, 2.45) is 0 Å². The molecule has 4 nitrogen and oxygen atoms in total. The molecule has 102 valence electrons. The van der Waals surface area contributed by atoms with E-state index >= 15 is 0 Å². The van der Waals surface area contributed by atoms with E-state index in [4.69, 9.17) is 4.74 Å². The Morgan fingerprint density at radius 3 is 2.53 bits per heavy atom. The lowest BCUT2D eigenvalue weighted by atomic mass is 10.1. The molecule has 0 aliphatic heterocycles. The van der Waals surface area contributed by atoms with Crippen LogP contribution in [0.2, 0.25) is 0 Å². The molecular formula is C15H19NO3. The maximum atomic E-state index is 12.0. The highest BCUT2D eigenvalue weighted by Gasteiger charge is 2.25. The van der Waals surface area contributed by atoms with Crippen molar-refractivity contribution < 1.29 is 14.3 Å². The summed E-state index contributed by atoms with van der Waals surface area (Å²) in [4.78, 5) is 23.5. The van der Waals surface area contributed by atoms with Crippen LogP contribution in [0.3, 0.4) is 0 Å². The minimum atomic E-state index is -0.306. The molecule has 1 aliphatic carbocycles. The van der Waals surface area contributed by atoms with Crippen LogP contribution in [0.1, 0.15) is 43.5 Å². The van der Waals surface area contributed by atoms with Crippen molar-refractivity contribution >= 4 is 11.7 Å². The molecule has 0 saturated heterocycles. The summed E-state index contributed by atoms with van der Waals surface area (Å²) in [5.74, 6) is 0.674. The van der Waals surface area contributed by atoms with Crippen LogP contribution in [0.25, 0.3) is 0 Å². The minimum Gasteiger partial charge on any atom is -0.491 e. The maximum absolute atomic E-state index is 12.0. The summed E-state index contributed by atoms with van der Waals surface area (Å²) in [7, 11) is 0. The molecule has 19 heavy (non-hydrogen) atoms. The van der Waals surface area contributed by atoms with Gasteiger partial charge >= 0.3 is 0 Å². The van der Waals surface area contributed by atoms with Crippen LogP contribution in [-0.2, 0) is 4.79 Å². The van der Waals surface area contributed by atoms with Crippen molar-refractivity contribution in [3.63, 3.8) is 0 Å². The van der Waals surface area contributed by atoms with Gasteiger partial charge < -0.3 is 10.1 Å². The van der Waals surface area contributed by atoms with E-state index in [1.54, 1.807) is 24.3 Å². The SMILES string of the molecule is CC(C)Oc1ccc(C(=O)N[C@@H]2CCCC2=O)cc1.